The lowest BCUT2D eigenvalue weighted by atomic mass is 9.85. The number of anilines is 1. The van der Waals surface area contributed by atoms with Gasteiger partial charge in [-0.05, 0) is 49.8 Å². The zero-order valence-corrected chi connectivity index (χ0v) is 12.7. The molecule has 110 valence electrons. The third kappa shape index (κ3) is 4.41. The van der Waals surface area contributed by atoms with Crippen LogP contribution in [0.2, 0.25) is 5.02 Å². The van der Waals surface area contributed by atoms with Crippen molar-refractivity contribution in [3.63, 3.8) is 0 Å². The van der Waals surface area contributed by atoms with E-state index < -0.39 is 0 Å². The Morgan fingerprint density at radius 3 is 2.95 bits per heavy atom. The summed E-state index contributed by atoms with van der Waals surface area (Å²) in [5, 5.41) is 3.70. The number of carbonyl (C=O) groups is 1. The minimum atomic E-state index is -0.185. The van der Waals surface area contributed by atoms with Crippen molar-refractivity contribution in [2.45, 2.75) is 45.1 Å². The highest BCUT2D eigenvalue weighted by Crippen LogP contribution is 2.29. The Labute approximate surface area is 125 Å². The molecule has 0 amide bonds. The number of hydrogen-bond acceptors (Lipinski definition) is 3. The molecule has 0 radical (unpaired) electrons. The number of benzene rings is 1. The highest BCUT2D eigenvalue weighted by atomic mass is 35.5. The van der Waals surface area contributed by atoms with Gasteiger partial charge in [-0.25, -0.2) is 0 Å². The largest absolute Gasteiger partial charge is 0.461 e. The summed E-state index contributed by atoms with van der Waals surface area (Å²) in [6, 6.07) is 7.34. The molecule has 2 unspecified atom stereocenters. The fourth-order valence-corrected chi connectivity index (χ4v) is 2.97. The van der Waals surface area contributed by atoms with Crippen LogP contribution in [-0.4, -0.2) is 18.6 Å². The van der Waals surface area contributed by atoms with Crippen LogP contribution in [0.1, 0.15) is 39.0 Å². The number of nitrogens with one attached hydrogen (secondary N) is 1. The molecule has 2 rings (SSSR count). The van der Waals surface area contributed by atoms with Gasteiger partial charge in [-0.1, -0.05) is 31.0 Å². The molecule has 20 heavy (non-hydrogen) atoms. The Bertz CT molecular complexity index is 450. The SMILES string of the molecule is CCC1CCCCC1OC(=O)CNc1cccc(Cl)c1. The average Bonchev–Trinajstić information content (AvgIpc) is 2.46. The molecule has 1 aromatic rings. The van der Waals surface area contributed by atoms with Crippen molar-refractivity contribution < 1.29 is 9.53 Å². The Hall–Kier alpha value is -1.22. The van der Waals surface area contributed by atoms with Crippen LogP contribution >= 0.6 is 11.6 Å². The van der Waals surface area contributed by atoms with Gasteiger partial charge in [-0.2, -0.15) is 0 Å². The molecule has 2 atom stereocenters. The van der Waals surface area contributed by atoms with E-state index in [2.05, 4.69) is 12.2 Å². The van der Waals surface area contributed by atoms with E-state index in [1.807, 2.05) is 12.1 Å². The summed E-state index contributed by atoms with van der Waals surface area (Å²) in [7, 11) is 0. The molecule has 0 spiro atoms. The summed E-state index contributed by atoms with van der Waals surface area (Å²) in [6.45, 7) is 2.36. The fourth-order valence-electron chi connectivity index (χ4n) is 2.78. The Balaban J connectivity index is 1.80. The van der Waals surface area contributed by atoms with Gasteiger partial charge in [0, 0.05) is 10.7 Å². The van der Waals surface area contributed by atoms with E-state index in [0.717, 1.165) is 24.9 Å². The van der Waals surface area contributed by atoms with Gasteiger partial charge in [-0.3, -0.25) is 4.79 Å². The van der Waals surface area contributed by atoms with Crippen molar-refractivity contribution in [2.24, 2.45) is 5.92 Å². The molecular weight excluding hydrogens is 274 g/mol. The number of halogens is 1. The Morgan fingerprint density at radius 1 is 1.40 bits per heavy atom. The van der Waals surface area contributed by atoms with Gasteiger partial charge in [-0.15, -0.1) is 0 Å². The van der Waals surface area contributed by atoms with E-state index in [1.54, 1.807) is 12.1 Å². The van der Waals surface area contributed by atoms with Crippen molar-refractivity contribution in [2.75, 3.05) is 11.9 Å². The van der Waals surface area contributed by atoms with Crippen LogP contribution in [0.5, 0.6) is 0 Å². The normalized spacial score (nSPS) is 22.3. The molecule has 0 heterocycles. The smallest absolute Gasteiger partial charge is 0.325 e. The molecule has 1 saturated carbocycles. The number of ether oxygens (including phenoxy) is 1. The van der Waals surface area contributed by atoms with Crippen LogP contribution < -0.4 is 5.32 Å². The van der Waals surface area contributed by atoms with E-state index in [1.165, 1.54) is 12.8 Å². The third-order valence-corrected chi connectivity index (χ3v) is 4.14. The second kappa shape index (κ2) is 7.53. The van der Waals surface area contributed by atoms with Gasteiger partial charge in [0.25, 0.3) is 0 Å². The molecular formula is C16H22ClNO2. The lowest BCUT2D eigenvalue weighted by Gasteiger charge is -2.30. The van der Waals surface area contributed by atoms with E-state index >= 15 is 0 Å². The predicted molar refractivity (Wildman–Crippen MR) is 82.1 cm³/mol. The highest BCUT2D eigenvalue weighted by molar-refractivity contribution is 6.30. The Kier molecular flexibility index (Phi) is 5.72. The van der Waals surface area contributed by atoms with E-state index in [9.17, 15) is 4.79 Å². The summed E-state index contributed by atoms with van der Waals surface area (Å²) >= 11 is 5.90. The molecule has 1 N–H and O–H groups in total. The predicted octanol–water partition coefficient (Wildman–Crippen LogP) is 4.26. The van der Waals surface area contributed by atoms with Gasteiger partial charge < -0.3 is 10.1 Å². The first-order valence-corrected chi connectivity index (χ1v) is 7.75. The highest BCUT2D eigenvalue weighted by Gasteiger charge is 2.26. The van der Waals surface area contributed by atoms with Crippen LogP contribution in [0.3, 0.4) is 0 Å². The fraction of sp³-hybridized carbons (Fsp3) is 0.562. The molecule has 0 bridgehead atoms. The van der Waals surface area contributed by atoms with Crippen molar-refractivity contribution in [1.29, 1.82) is 0 Å². The summed E-state index contributed by atoms with van der Waals surface area (Å²) in [5.41, 5.74) is 0.838. The zero-order valence-electron chi connectivity index (χ0n) is 11.9. The number of hydrogen-bond donors (Lipinski definition) is 1. The molecule has 1 aromatic carbocycles. The second-order valence-electron chi connectivity index (χ2n) is 5.34. The van der Waals surface area contributed by atoms with E-state index in [-0.39, 0.29) is 18.6 Å². The number of carbonyl (C=O) groups excluding carboxylic acids is 1. The standard InChI is InChI=1S/C16H22ClNO2/c1-2-12-6-3-4-9-15(12)20-16(19)11-18-14-8-5-7-13(17)10-14/h5,7-8,10,12,15,18H,2-4,6,9,11H2,1H3. The quantitative estimate of drug-likeness (QED) is 0.825. The molecule has 0 saturated heterocycles. The molecule has 4 heteroatoms. The summed E-state index contributed by atoms with van der Waals surface area (Å²) in [6.07, 6.45) is 5.78. The molecule has 0 aromatic heterocycles. The van der Waals surface area contributed by atoms with Crippen LogP contribution in [0.4, 0.5) is 5.69 Å². The lowest BCUT2D eigenvalue weighted by molar-refractivity contribution is -0.151. The van der Waals surface area contributed by atoms with Crippen molar-refractivity contribution in [3.8, 4) is 0 Å². The second-order valence-corrected chi connectivity index (χ2v) is 5.78. The number of rotatable bonds is 5. The van der Waals surface area contributed by atoms with Crippen LogP contribution in [0.15, 0.2) is 24.3 Å². The minimum Gasteiger partial charge on any atom is -0.461 e. The first-order valence-electron chi connectivity index (χ1n) is 7.38. The van der Waals surface area contributed by atoms with Gasteiger partial charge in [0.2, 0.25) is 0 Å². The lowest BCUT2D eigenvalue weighted by Crippen LogP contribution is -2.31. The summed E-state index contributed by atoms with van der Waals surface area (Å²) < 4.78 is 5.61. The molecule has 0 aliphatic heterocycles. The molecule has 1 aliphatic carbocycles. The molecule has 1 aliphatic rings. The van der Waals surface area contributed by atoms with E-state index in [0.29, 0.717) is 10.9 Å². The summed E-state index contributed by atoms with van der Waals surface area (Å²) in [5.74, 6) is 0.342. The topological polar surface area (TPSA) is 38.3 Å². The van der Waals surface area contributed by atoms with Crippen LogP contribution in [0, 0.1) is 5.92 Å². The van der Waals surface area contributed by atoms with Crippen LogP contribution in [0.25, 0.3) is 0 Å². The Morgan fingerprint density at radius 2 is 2.20 bits per heavy atom. The summed E-state index contributed by atoms with van der Waals surface area (Å²) in [4.78, 5) is 11.9. The third-order valence-electron chi connectivity index (χ3n) is 3.91. The maximum Gasteiger partial charge on any atom is 0.325 e. The number of esters is 1. The first kappa shape index (κ1) is 15.2. The van der Waals surface area contributed by atoms with Crippen molar-refractivity contribution >= 4 is 23.3 Å². The minimum absolute atomic E-state index is 0.0995. The van der Waals surface area contributed by atoms with Crippen LogP contribution in [-0.2, 0) is 9.53 Å². The first-order chi connectivity index (χ1) is 9.69. The monoisotopic (exact) mass is 295 g/mol. The van der Waals surface area contributed by atoms with Crippen molar-refractivity contribution in [1.82, 2.24) is 0 Å². The van der Waals surface area contributed by atoms with Crippen molar-refractivity contribution in [3.05, 3.63) is 29.3 Å². The van der Waals surface area contributed by atoms with Gasteiger partial charge >= 0.3 is 5.97 Å². The molecule has 3 nitrogen and oxygen atoms in total. The maximum atomic E-state index is 11.9. The van der Waals surface area contributed by atoms with Gasteiger partial charge in [0.1, 0.15) is 12.6 Å². The average molecular weight is 296 g/mol. The van der Waals surface area contributed by atoms with Gasteiger partial charge in [0.15, 0.2) is 0 Å². The van der Waals surface area contributed by atoms with Gasteiger partial charge in [0.05, 0.1) is 0 Å². The zero-order chi connectivity index (χ0) is 14.4. The maximum absolute atomic E-state index is 11.9. The van der Waals surface area contributed by atoms with E-state index in [4.69, 9.17) is 16.3 Å². The molecule has 1 fully saturated rings.